The van der Waals surface area contributed by atoms with Gasteiger partial charge in [0.25, 0.3) is 0 Å². The largest absolute Gasteiger partial charge is 0.489 e. The highest BCUT2D eigenvalue weighted by atomic mass is 35.5. The molecule has 2 heterocycles. The number of pyridine rings is 1. The normalized spacial score (nSPS) is 15.7. The maximum absolute atomic E-state index is 12.8. The van der Waals surface area contributed by atoms with Crippen LogP contribution < -0.4 is 15.4 Å². The summed E-state index contributed by atoms with van der Waals surface area (Å²) in [6.45, 7) is 0.461. The van der Waals surface area contributed by atoms with Gasteiger partial charge in [-0.2, -0.15) is 0 Å². The lowest BCUT2D eigenvalue weighted by atomic mass is 10.1. The Hall–Kier alpha value is -2.71. The first-order chi connectivity index (χ1) is 11.1. The quantitative estimate of drug-likeness (QED) is 0.667. The molecule has 1 aromatic heterocycles. The van der Waals surface area contributed by atoms with E-state index in [1.165, 1.54) is 23.1 Å². The van der Waals surface area contributed by atoms with Gasteiger partial charge in [-0.3, -0.25) is 9.69 Å². The van der Waals surface area contributed by atoms with Crippen LogP contribution in [0.3, 0.4) is 0 Å². The fourth-order valence-electron chi connectivity index (χ4n) is 2.45. The van der Waals surface area contributed by atoms with Crippen molar-refractivity contribution in [3.05, 3.63) is 58.3 Å². The predicted octanol–water partition coefficient (Wildman–Crippen LogP) is 1.78. The molecule has 8 nitrogen and oxygen atoms in total. The molecule has 1 aromatic carbocycles. The van der Waals surface area contributed by atoms with Gasteiger partial charge in [-0.25, -0.2) is 0 Å². The van der Waals surface area contributed by atoms with Crippen molar-refractivity contribution in [2.45, 2.75) is 6.04 Å². The van der Waals surface area contributed by atoms with E-state index >= 15 is 0 Å². The SMILES string of the molecule is Cl.NC[C@H]1COc2ccccc2N1C(=O)c1cccc([N+](=O)[O-])n1. The number of hydrogen-bond acceptors (Lipinski definition) is 6. The summed E-state index contributed by atoms with van der Waals surface area (Å²) in [5.74, 6) is -0.252. The number of nitro groups is 1. The lowest BCUT2D eigenvalue weighted by Gasteiger charge is -2.35. The Morgan fingerprint density at radius 2 is 2.08 bits per heavy atom. The van der Waals surface area contributed by atoms with Crippen LogP contribution in [0.2, 0.25) is 0 Å². The number of halogens is 1. The van der Waals surface area contributed by atoms with Gasteiger partial charge in [0.1, 0.15) is 12.4 Å². The molecule has 1 aliphatic heterocycles. The molecule has 2 N–H and O–H groups in total. The maximum Gasteiger partial charge on any atom is 0.364 e. The molecule has 1 amide bonds. The van der Waals surface area contributed by atoms with Crippen LogP contribution in [0.25, 0.3) is 0 Å². The molecular weight excluding hydrogens is 336 g/mol. The summed E-state index contributed by atoms with van der Waals surface area (Å²) in [7, 11) is 0. The third-order valence-corrected chi connectivity index (χ3v) is 3.55. The predicted molar refractivity (Wildman–Crippen MR) is 89.7 cm³/mol. The Balaban J connectivity index is 0.00000208. The smallest absolute Gasteiger partial charge is 0.364 e. The van der Waals surface area contributed by atoms with E-state index in [9.17, 15) is 14.9 Å². The fraction of sp³-hybridized carbons (Fsp3) is 0.200. The van der Waals surface area contributed by atoms with Crippen LogP contribution in [-0.4, -0.2) is 35.0 Å². The topological polar surface area (TPSA) is 112 Å². The Kier molecular flexibility index (Phi) is 5.32. The molecular formula is C15H15ClN4O4. The highest BCUT2D eigenvalue weighted by Gasteiger charge is 2.34. The number of para-hydroxylation sites is 2. The number of nitrogens with two attached hydrogens (primary N) is 1. The van der Waals surface area contributed by atoms with Crippen molar-refractivity contribution in [3.8, 4) is 5.75 Å². The van der Waals surface area contributed by atoms with Gasteiger partial charge in [0.05, 0.1) is 11.7 Å². The van der Waals surface area contributed by atoms with Gasteiger partial charge in [-0.1, -0.05) is 12.1 Å². The molecule has 24 heavy (non-hydrogen) atoms. The van der Waals surface area contributed by atoms with Gasteiger partial charge in [0.2, 0.25) is 5.69 Å². The first-order valence-electron chi connectivity index (χ1n) is 6.98. The van der Waals surface area contributed by atoms with Crippen molar-refractivity contribution in [1.82, 2.24) is 4.98 Å². The number of aromatic nitrogens is 1. The second kappa shape index (κ2) is 7.24. The van der Waals surface area contributed by atoms with Crippen molar-refractivity contribution in [2.75, 3.05) is 18.1 Å². The van der Waals surface area contributed by atoms with Crippen molar-refractivity contribution in [3.63, 3.8) is 0 Å². The number of benzene rings is 1. The minimum Gasteiger partial charge on any atom is -0.489 e. The first kappa shape index (κ1) is 17.6. The van der Waals surface area contributed by atoms with Crippen LogP contribution in [0.5, 0.6) is 5.75 Å². The number of hydrogen-bond donors (Lipinski definition) is 1. The number of carbonyl (C=O) groups is 1. The zero-order valence-corrected chi connectivity index (χ0v) is 13.3. The lowest BCUT2D eigenvalue weighted by molar-refractivity contribution is -0.389. The number of carbonyl (C=O) groups excluding carboxylic acids is 1. The van der Waals surface area contributed by atoms with Crippen LogP contribution >= 0.6 is 12.4 Å². The van der Waals surface area contributed by atoms with Gasteiger partial charge in [-0.15, -0.1) is 12.4 Å². The highest BCUT2D eigenvalue weighted by Crippen LogP contribution is 2.34. The summed E-state index contributed by atoms with van der Waals surface area (Å²) in [6.07, 6.45) is 0. The second-order valence-corrected chi connectivity index (χ2v) is 4.98. The van der Waals surface area contributed by atoms with Gasteiger partial charge in [0.15, 0.2) is 0 Å². The molecule has 0 radical (unpaired) electrons. The number of fused-ring (bicyclic) bond motifs is 1. The third-order valence-electron chi connectivity index (χ3n) is 3.55. The second-order valence-electron chi connectivity index (χ2n) is 4.98. The average molecular weight is 351 g/mol. The Labute approximate surface area is 143 Å². The van der Waals surface area contributed by atoms with Crippen LogP contribution in [-0.2, 0) is 0 Å². The number of amides is 1. The van der Waals surface area contributed by atoms with E-state index in [0.717, 1.165) is 0 Å². The van der Waals surface area contributed by atoms with Crippen LogP contribution in [0, 0.1) is 10.1 Å². The molecule has 1 aliphatic rings. The first-order valence-corrected chi connectivity index (χ1v) is 6.98. The molecule has 0 aliphatic carbocycles. The van der Waals surface area contributed by atoms with E-state index in [-0.39, 0.29) is 43.1 Å². The monoisotopic (exact) mass is 350 g/mol. The van der Waals surface area contributed by atoms with Gasteiger partial charge < -0.3 is 20.6 Å². The van der Waals surface area contributed by atoms with E-state index in [2.05, 4.69) is 4.98 Å². The summed E-state index contributed by atoms with van der Waals surface area (Å²) in [6, 6.07) is 10.8. The Morgan fingerprint density at radius 1 is 1.33 bits per heavy atom. The van der Waals surface area contributed by atoms with Crippen molar-refractivity contribution < 1.29 is 14.5 Å². The summed E-state index contributed by atoms with van der Waals surface area (Å²) < 4.78 is 5.60. The molecule has 0 spiro atoms. The molecule has 2 aromatic rings. The third kappa shape index (κ3) is 3.15. The summed E-state index contributed by atoms with van der Waals surface area (Å²) in [5.41, 5.74) is 6.31. The van der Waals surface area contributed by atoms with E-state index in [0.29, 0.717) is 11.4 Å². The number of anilines is 1. The van der Waals surface area contributed by atoms with E-state index in [4.69, 9.17) is 10.5 Å². The van der Waals surface area contributed by atoms with Crippen molar-refractivity contribution >= 4 is 29.8 Å². The maximum atomic E-state index is 12.8. The summed E-state index contributed by atoms with van der Waals surface area (Å²) in [5, 5.41) is 10.8. The average Bonchev–Trinajstić information content (AvgIpc) is 2.60. The molecule has 9 heteroatoms. The Morgan fingerprint density at radius 3 is 2.79 bits per heavy atom. The zero-order chi connectivity index (χ0) is 16.4. The van der Waals surface area contributed by atoms with E-state index < -0.39 is 10.8 Å². The minimum absolute atomic E-state index is 0. The van der Waals surface area contributed by atoms with Crippen LogP contribution in [0.15, 0.2) is 42.5 Å². The number of ether oxygens (including phenoxy) is 1. The van der Waals surface area contributed by atoms with Crippen molar-refractivity contribution in [2.24, 2.45) is 5.73 Å². The lowest BCUT2D eigenvalue weighted by Crippen LogP contribution is -2.50. The number of rotatable bonds is 3. The van der Waals surface area contributed by atoms with E-state index in [1.807, 2.05) is 0 Å². The molecule has 1 atom stereocenters. The number of nitrogens with zero attached hydrogens (tertiary/aromatic N) is 3. The molecule has 3 rings (SSSR count). The van der Waals surface area contributed by atoms with Gasteiger partial charge in [0, 0.05) is 12.6 Å². The highest BCUT2D eigenvalue weighted by molar-refractivity contribution is 6.06. The fourth-order valence-corrected chi connectivity index (χ4v) is 2.45. The van der Waals surface area contributed by atoms with E-state index in [1.54, 1.807) is 24.3 Å². The molecule has 0 fully saturated rings. The molecule has 0 saturated heterocycles. The standard InChI is InChI=1S/C15H14N4O4.ClH/c16-8-10-9-23-13-6-2-1-5-12(13)18(10)15(20)11-4-3-7-14(17-11)19(21)22;/h1-7,10H,8-9,16H2;1H/t10-;/m0./s1. The molecule has 126 valence electrons. The molecule has 0 bridgehead atoms. The van der Waals surface area contributed by atoms with Crippen LogP contribution in [0.4, 0.5) is 11.5 Å². The van der Waals surface area contributed by atoms with Crippen LogP contribution in [0.1, 0.15) is 10.5 Å². The van der Waals surface area contributed by atoms with Crippen molar-refractivity contribution in [1.29, 1.82) is 0 Å². The molecule has 0 unspecified atom stereocenters. The summed E-state index contributed by atoms with van der Waals surface area (Å²) >= 11 is 0. The zero-order valence-electron chi connectivity index (χ0n) is 12.5. The minimum atomic E-state index is -0.634. The summed E-state index contributed by atoms with van der Waals surface area (Å²) in [4.78, 5) is 28.4. The van der Waals surface area contributed by atoms with Gasteiger partial charge in [-0.05, 0) is 34.2 Å². The Bertz CT molecular complexity index is 771. The molecule has 0 saturated carbocycles. The van der Waals surface area contributed by atoms with Gasteiger partial charge >= 0.3 is 11.7 Å².